The van der Waals surface area contributed by atoms with Gasteiger partial charge in [0.1, 0.15) is 17.2 Å². The first-order valence-corrected chi connectivity index (χ1v) is 11.9. The van der Waals surface area contributed by atoms with Crippen LogP contribution in [-0.4, -0.2) is 30.5 Å². The van der Waals surface area contributed by atoms with Crippen LogP contribution in [0.15, 0.2) is 36.8 Å². The zero-order chi connectivity index (χ0) is 22.8. The Hall–Kier alpha value is -2.45. The Bertz CT molecular complexity index is 1210. The number of hydrogen-bond acceptors (Lipinski definition) is 4. The van der Waals surface area contributed by atoms with E-state index in [0.717, 1.165) is 37.7 Å². The molecule has 0 radical (unpaired) electrons. The molecule has 4 saturated carbocycles. The van der Waals surface area contributed by atoms with E-state index in [9.17, 15) is 9.18 Å². The molecule has 1 N–H and O–H groups in total. The van der Waals surface area contributed by atoms with Crippen LogP contribution in [0.2, 0.25) is 10.3 Å². The number of anilines is 1. The Morgan fingerprint density at radius 1 is 1.12 bits per heavy atom. The fourth-order valence-corrected chi connectivity index (χ4v) is 7.12. The number of amides is 1. The zero-order valence-corrected chi connectivity index (χ0v) is 19.4. The Morgan fingerprint density at radius 3 is 2.52 bits per heavy atom. The fraction of sp³-hybridized carbons (Fsp3) is 0.478. The van der Waals surface area contributed by atoms with Crippen LogP contribution in [-0.2, 0) is 16.9 Å². The van der Waals surface area contributed by atoms with Gasteiger partial charge in [0.05, 0.1) is 17.5 Å². The summed E-state index contributed by atoms with van der Waals surface area (Å²) in [5, 5.41) is 12.5. The van der Waals surface area contributed by atoms with Crippen LogP contribution in [0, 0.1) is 23.1 Å². The first-order valence-electron chi connectivity index (χ1n) is 11.2. The Kier molecular flexibility index (Phi) is 4.82. The van der Waals surface area contributed by atoms with Crippen molar-refractivity contribution in [3.63, 3.8) is 0 Å². The Balaban J connectivity index is 1.24. The summed E-state index contributed by atoms with van der Waals surface area (Å²) < 4.78 is 16.7. The molecule has 2 heterocycles. The van der Waals surface area contributed by atoms with E-state index in [4.69, 9.17) is 23.2 Å². The van der Waals surface area contributed by atoms with Crippen LogP contribution in [0.3, 0.4) is 0 Å². The van der Waals surface area contributed by atoms with Gasteiger partial charge in [-0.15, -0.1) is 5.10 Å². The van der Waals surface area contributed by atoms with Crippen molar-refractivity contribution in [2.75, 3.05) is 5.32 Å². The number of nitrogens with one attached hydrogen (secondary N) is 1. The second-order valence-corrected chi connectivity index (χ2v) is 10.8. The maximum Gasteiger partial charge on any atom is 0.242 e. The average Bonchev–Trinajstić information content (AvgIpc) is 3.35. The summed E-state index contributed by atoms with van der Waals surface area (Å²) in [7, 11) is 0. The maximum absolute atomic E-state index is 13.7. The lowest BCUT2D eigenvalue weighted by Crippen LogP contribution is -2.60. The van der Waals surface area contributed by atoms with Gasteiger partial charge in [-0.05, 0) is 79.7 Å². The molecule has 4 bridgehead atoms. The molecule has 4 aliphatic rings. The minimum atomic E-state index is -0.480. The summed E-state index contributed by atoms with van der Waals surface area (Å²) in [6, 6.07) is 6.23. The van der Waals surface area contributed by atoms with E-state index in [0.29, 0.717) is 35.6 Å². The van der Waals surface area contributed by atoms with E-state index in [1.165, 1.54) is 12.1 Å². The van der Waals surface area contributed by atoms with Crippen molar-refractivity contribution in [1.29, 1.82) is 0 Å². The van der Waals surface area contributed by atoms with Gasteiger partial charge in [-0.1, -0.05) is 23.7 Å². The van der Waals surface area contributed by atoms with Crippen LogP contribution in [0.4, 0.5) is 10.2 Å². The van der Waals surface area contributed by atoms with E-state index >= 15 is 0 Å². The summed E-state index contributed by atoms with van der Waals surface area (Å²) in [5.41, 5.74) is 0.197. The molecule has 10 heteroatoms. The van der Waals surface area contributed by atoms with Crippen molar-refractivity contribution in [3.8, 4) is 0 Å². The molecule has 4 aliphatic carbocycles. The van der Waals surface area contributed by atoms with Gasteiger partial charge in [-0.25, -0.2) is 14.1 Å². The molecule has 2 unspecified atom stereocenters. The van der Waals surface area contributed by atoms with E-state index in [-0.39, 0.29) is 22.5 Å². The fourth-order valence-electron chi connectivity index (χ4n) is 6.80. The van der Waals surface area contributed by atoms with E-state index < -0.39 is 5.41 Å². The lowest BCUT2D eigenvalue weighted by molar-refractivity contribution is -0.150. The topological polar surface area (TPSA) is 77.6 Å². The van der Waals surface area contributed by atoms with Crippen molar-refractivity contribution in [3.05, 3.63) is 58.5 Å². The smallest absolute Gasteiger partial charge is 0.242 e. The molecular formula is C23H23Cl2FN6O. The third-order valence-electron chi connectivity index (χ3n) is 7.67. The van der Waals surface area contributed by atoms with Crippen molar-refractivity contribution < 1.29 is 9.18 Å². The third kappa shape index (κ3) is 3.64. The van der Waals surface area contributed by atoms with Crippen LogP contribution >= 0.6 is 23.2 Å². The largest absolute Gasteiger partial charge is 0.307 e. The van der Waals surface area contributed by atoms with Crippen LogP contribution < -0.4 is 5.32 Å². The van der Waals surface area contributed by atoms with Crippen molar-refractivity contribution >= 4 is 34.9 Å². The number of halogens is 3. The molecule has 1 amide bonds. The van der Waals surface area contributed by atoms with E-state index in [1.54, 1.807) is 29.3 Å². The minimum absolute atomic E-state index is 0.0267. The van der Waals surface area contributed by atoms with Gasteiger partial charge < -0.3 is 5.32 Å². The molecule has 172 valence electrons. The van der Waals surface area contributed by atoms with Crippen LogP contribution in [0.5, 0.6) is 0 Å². The molecule has 2 aromatic heterocycles. The molecule has 3 aromatic rings. The highest BCUT2D eigenvalue weighted by Gasteiger charge is 2.61. The van der Waals surface area contributed by atoms with Gasteiger partial charge >= 0.3 is 0 Å². The molecule has 0 spiro atoms. The zero-order valence-electron chi connectivity index (χ0n) is 17.8. The second-order valence-electron chi connectivity index (χ2n) is 10.0. The molecule has 1 aromatic carbocycles. The Morgan fingerprint density at radius 2 is 1.85 bits per heavy atom. The molecule has 0 aliphatic heterocycles. The Labute approximate surface area is 200 Å². The highest BCUT2D eigenvalue weighted by atomic mass is 35.5. The lowest BCUT2D eigenvalue weighted by atomic mass is 9.46. The number of rotatable bonds is 5. The van der Waals surface area contributed by atoms with Crippen LogP contribution in [0.25, 0.3) is 0 Å². The molecule has 4 fully saturated rings. The number of hydrogen-bond donors (Lipinski definition) is 1. The summed E-state index contributed by atoms with van der Waals surface area (Å²) >= 11 is 12.4. The number of carbonyl (C=O) groups excluding carboxylic acids is 1. The number of carbonyl (C=O) groups is 1. The van der Waals surface area contributed by atoms with Gasteiger partial charge in [0.25, 0.3) is 0 Å². The second kappa shape index (κ2) is 7.53. The first kappa shape index (κ1) is 21.1. The van der Waals surface area contributed by atoms with E-state index in [2.05, 4.69) is 20.5 Å². The summed E-state index contributed by atoms with van der Waals surface area (Å²) in [4.78, 5) is 17.8. The average molecular weight is 489 g/mol. The van der Waals surface area contributed by atoms with Crippen molar-refractivity contribution in [2.45, 2.75) is 50.6 Å². The normalized spacial score (nSPS) is 30.0. The number of aromatic nitrogens is 5. The number of benzene rings is 1. The molecule has 33 heavy (non-hydrogen) atoms. The molecule has 2 atom stereocenters. The molecule has 7 nitrogen and oxygen atoms in total. The van der Waals surface area contributed by atoms with E-state index in [1.807, 2.05) is 4.68 Å². The highest BCUT2D eigenvalue weighted by Crippen LogP contribution is 2.64. The standard InChI is InChI=1S/C23H23Cl2FN6O/c24-18-11-31(10-14-1-3-17(26)4-2-14)29-19(18)28-20(33)22-6-15-5-16(7-22)9-23(8-15,12-22)32-13-27-21(25)30-32/h1-4,11,13,15-16H,5-10,12H2,(H,28,29,33). The predicted molar refractivity (Wildman–Crippen MR) is 121 cm³/mol. The summed E-state index contributed by atoms with van der Waals surface area (Å²) in [5.74, 6) is 1.00. The monoisotopic (exact) mass is 488 g/mol. The minimum Gasteiger partial charge on any atom is -0.307 e. The number of nitrogens with zero attached hydrogens (tertiary/aromatic N) is 5. The summed E-state index contributed by atoms with van der Waals surface area (Å²) in [6.45, 7) is 0.432. The lowest BCUT2D eigenvalue weighted by Gasteiger charge is -2.60. The third-order valence-corrected chi connectivity index (χ3v) is 8.12. The molecule has 7 rings (SSSR count). The van der Waals surface area contributed by atoms with Gasteiger partial charge in [0.15, 0.2) is 5.82 Å². The SMILES string of the molecule is O=C(Nc1nn(Cc2ccc(F)cc2)cc1Cl)C12CC3CC(C1)CC(n1cnc(Cl)n1)(C3)C2. The van der Waals surface area contributed by atoms with Crippen molar-refractivity contribution in [2.24, 2.45) is 17.3 Å². The van der Waals surface area contributed by atoms with Crippen molar-refractivity contribution in [1.82, 2.24) is 24.5 Å². The highest BCUT2D eigenvalue weighted by molar-refractivity contribution is 6.33. The van der Waals surface area contributed by atoms with Gasteiger partial charge in [0, 0.05) is 6.20 Å². The molecular weight excluding hydrogens is 466 g/mol. The quantitative estimate of drug-likeness (QED) is 0.553. The maximum atomic E-state index is 13.7. The van der Waals surface area contributed by atoms with Gasteiger partial charge in [-0.2, -0.15) is 5.10 Å². The summed E-state index contributed by atoms with van der Waals surface area (Å²) in [6.07, 6.45) is 9.00. The molecule has 0 saturated heterocycles. The van der Waals surface area contributed by atoms with Crippen LogP contribution in [0.1, 0.15) is 44.1 Å². The van der Waals surface area contributed by atoms with Gasteiger partial charge in [0.2, 0.25) is 11.2 Å². The predicted octanol–water partition coefficient (Wildman–Crippen LogP) is 4.90. The van der Waals surface area contributed by atoms with Gasteiger partial charge in [-0.3, -0.25) is 9.48 Å². The first-order chi connectivity index (χ1) is 15.8.